The second-order valence-electron chi connectivity index (χ2n) is 13.7. The van der Waals surface area contributed by atoms with E-state index < -0.39 is 5.60 Å². The summed E-state index contributed by atoms with van der Waals surface area (Å²) in [5.74, 6) is -0.296. The van der Waals surface area contributed by atoms with Gasteiger partial charge in [-0.15, -0.1) is 0 Å². The molecule has 2 N–H and O–H groups in total. The second kappa shape index (κ2) is 12.4. The van der Waals surface area contributed by atoms with Crippen LogP contribution in [0.15, 0.2) is 66.3 Å². The smallest absolute Gasteiger partial charge is 0.254 e. The van der Waals surface area contributed by atoms with E-state index in [4.69, 9.17) is 0 Å². The normalized spacial score (nSPS) is 21.4. The number of likely N-dealkylation sites (tertiary alicyclic amines) is 1. The maximum absolute atomic E-state index is 14.2. The Hall–Kier alpha value is -3.18. The first-order valence-corrected chi connectivity index (χ1v) is 15.1. The minimum Gasteiger partial charge on any atom is -0.390 e. The fraction of sp³-hybridized carbons (Fsp3) is 0.500. The third kappa shape index (κ3) is 7.56. The number of nitrogens with one attached hydrogen (secondary N) is 1. The van der Waals surface area contributed by atoms with Gasteiger partial charge in [-0.05, 0) is 94.0 Å². The lowest BCUT2D eigenvalue weighted by Crippen LogP contribution is -2.55. The minimum absolute atomic E-state index is 0.0167. The molecule has 5 nitrogen and oxygen atoms in total. The van der Waals surface area contributed by atoms with Crippen molar-refractivity contribution in [1.29, 1.82) is 0 Å². The average Bonchev–Trinajstić information content (AvgIpc) is 2.91. The molecule has 3 atom stereocenters. The average molecular weight is 557 g/mol. The van der Waals surface area contributed by atoms with Gasteiger partial charge in [0.05, 0.1) is 17.6 Å². The summed E-state index contributed by atoms with van der Waals surface area (Å²) < 4.78 is 0. The first-order valence-electron chi connectivity index (χ1n) is 15.1. The van der Waals surface area contributed by atoms with Gasteiger partial charge in [0, 0.05) is 23.7 Å². The van der Waals surface area contributed by atoms with Crippen LogP contribution in [0.1, 0.15) is 93.8 Å². The Labute approximate surface area is 246 Å². The van der Waals surface area contributed by atoms with Gasteiger partial charge in [0.25, 0.3) is 5.91 Å². The summed E-state index contributed by atoms with van der Waals surface area (Å²) in [6.45, 7) is 14.8. The zero-order valence-electron chi connectivity index (χ0n) is 26.0. The van der Waals surface area contributed by atoms with Crippen LogP contribution in [0, 0.1) is 25.7 Å². The van der Waals surface area contributed by atoms with Crippen molar-refractivity contribution in [3.63, 3.8) is 0 Å². The Morgan fingerprint density at radius 1 is 1.02 bits per heavy atom. The van der Waals surface area contributed by atoms with Crippen molar-refractivity contribution in [2.24, 2.45) is 11.8 Å². The summed E-state index contributed by atoms with van der Waals surface area (Å²) in [6, 6.07) is 13.8. The molecule has 2 aromatic carbocycles. The van der Waals surface area contributed by atoms with E-state index in [2.05, 4.69) is 56.4 Å². The largest absolute Gasteiger partial charge is 0.390 e. The number of aryl methyl sites for hydroxylation is 2. The highest BCUT2D eigenvalue weighted by molar-refractivity contribution is 5.99. The molecule has 1 heterocycles. The molecule has 1 aliphatic heterocycles. The Balaban J connectivity index is 1.64. The number of anilines is 1. The van der Waals surface area contributed by atoms with E-state index in [9.17, 15) is 14.7 Å². The molecule has 4 rings (SSSR count). The topological polar surface area (TPSA) is 69.6 Å². The van der Waals surface area contributed by atoms with Gasteiger partial charge >= 0.3 is 0 Å². The molecule has 1 aliphatic carbocycles. The lowest BCUT2D eigenvalue weighted by Gasteiger charge is -2.44. The molecule has 2 amide bonds. The number of nitrogens with zero attached hydrogens (tertiary/aromatic N) is 1. The number of carbonyl (C=O) groups excluding carboxylic acids is 2. The number of amides is 2. The van der Waals surface area contributed by atoms with Crippen LogP contribution in [0.25, 0.3) is 0 Å². The first-order chi connectivity index (χ1) is 19.2. The summed E-state index contributed by atoms with van der Waals surface area (Å²) in [7, 11) is 0. The lowest BCUT2D eigenvalue weighted by atomic mass is 9.76. The number of hydrogen-bond acceptors (Lipinski definition) is 3. The predicted molar refractivity (Wildman–Crippen MR) is 168 cm³/mol. The summed E-state index contributed by atoms with van der Waals surface area (Å²) in [5.41, 5.74) is 5.11. The van der Waals surface area contributed by atoms with Gasteiger partial charge in [-0.1, -0.05) is 74.9 Å². The summed E-state index contributed by atoms with van der Waals surface area (Å²) in [4.78, 5) is 30.1. The molecule has 0 radical (unpaired) electrons. The van der Waals surface area contributed by atoms with Crippen LogP contribution in [-0.4, -0.2) is 40.0 Å². The molecule has 1 saturated heterocycles. The van der Waals surface area contributed by atoms with Crippen LogP contribution in [0.3, 0.4) is 0 Å². The molecule has 0 spiro atoms. The highest BCUT2D eigenvalue weighted by Gasteiger charge is 2.43. The van der Waals surface area contributed by atoms with Crippen molar-refractivity contribution < 1.29 is 14.7 Å². The van der Waals surface area contributed by atoms with Gasteiger partial charge in [0.15, 0.2) is 0 Å². The van der Waals surface area contributed by atoms with Gasteiger partial charge < -0.3 is 15.3 Å². The third-order valence-electron chi connectivity index (χ3n) is 8.65. The van der Waals surface area contributed by atoms with Crippen molar-refractivity contribution in [1.82, 2.24) is 4.90 Å². The quantitative estimate of drug-likeness (QED) is 0.371. The third-order valence-corrected chi connectivity index (χ3v) is 8.65. The van der Waals surface area contributed by atoms with E-state index >= 15 is 0 Å². The fourth-order valence-corrected chi connectivity index (χ4v) is 6.24. The van der Waals surface area contributed by atoms with Gasteiger partial charge in [0.2, 0.25) is 5.91 Å². The number of benzene rings is 2. The highest BCUT2D eigenvalue weighted by atomic mass is 16.3. The van der Waals surface area contributed by atoms with E-state index in [1.807, 2.05) is 62.9 Å². The minimum atomic E-state index is -0.711. The molecule has 0 bridgehead atoms. The van der Waals surface area contributed by atoms with Crippen LogP contribution >= 0.6 is 0 Å². The highest BCUT2D eigenvalue weighted by Crippen LogP contribution is 2.37. The molecule has 41 heavy (non-hydrogen) atoms. The molecule has 0 saturated carbocycles. The molecule has 1 fully saturated rings. The summed E-state index contributed by atoms with van der Waals surface area (Å²) in [5, 5.41) is 13.4. The Morgan fingerprint density at radius 2 is 1.71 bits per heavy atom. The predicted octanol–water partition coefficient (Wildman–Crippen LogP) is 7.51. The maximum Gasteiger partial charge on any atom is 0.254 e. The molecular formula is C36H48N2O3. The van der Waals surface area contributed by atoms with Crippen LogP contribution in [-0.2, 0) is 10.2 Å². The first kappa shape index (κ1) is 30.8. The number of piperidine rings is 1. The number of allylic oxidation sites excluding steroid dienone is 3. The molecule has 1 unspecified atom stereocenters. The molecular weight excluding hydrogens is 508 g/mol. The number of carbonyl (C=O) groups is 2. The van der Waals surface area contributed by atoms with Crippen molar-refractivity contribution >= 4 is 17.5 Å². The van der Waals surface area contributed by atoms with Crippen LogP contribution in [0.2, 0.25) is 0 Å². The van der Waals surface area contributed by atoms with Crippen LogP contribution < -0.4 is 5.32 Å². The van der Waals surface area contributed by atoms with Crippen LogP contribution in [0.4, 0.5) is 5.69 Å². The van der Waals surface area contributed by atoms with Crippen LogP contribution in [0.5, 0.6) is 0 Å². The number of rotatable bonds is 7. The van der Waals surface area contributed by atoms with Crippen molar-refractivity contribution in [3.05, 3.63) is 88.5 Å². The van der Waals surface area contributed by atoms with Gasteiger partial charge in [-0.2, -0.15) is 0 Å². The second-order valence-corrected chi connectivity index (χ2v) is 13.7. The Kier molecular flexibility index (Phi) is 9.28. The monoisotopic (exact) mass is 556 g/mol. The molecule has 2 aromatic rings. The Bertz CT molecular complexity index is 1300. The van der Waals surface area contributed by atoms with Gasteiger partial charge in [-0.25, -0.2) is 0 Å². The number of aliphatic hydroxyl groups is 1. The fourth-order valence-electron chi connectivity index (χ4n) is 6.24. The van der Waals surface area contributed by atoms with E-state index in [0.717, 1.165) is 48.1 Å². The Morgan fingerprint density at radius 3 is 2.32 bits per heavy atom. The van der Waals surface area contributed by atoms with Crippen molar-refractivity contribution in [2.45, 2.75) is 97.6 Å². The standard InChI is InChI=1S/C36H48N2O3/c1-24-11-8-12-25(2)31(24)34(40)38-22-10-15-30(33(39)37-29-14-9-13-28(23-29)35(3,4)5)32(38)27-18-16-26(17-19-27)20-21-36(6,7)41/h8-9,11-14,16-18,23,27,30,32,41H,10,15,19-22H2,1-7H3,(H,37,39)/t27?,30-,32-/m0/s1. The summed E-state index contributed by atoms with van der Waals surface area (Å²) >= 11 is 0. The zero-order chi connectivity index (χ0) is 29.9. The molecule has 0 aromatic heterocycles. The van der Waals surface area contributed by atoms with E-state index in [0.29, 0.717) is 13.0 Å². The molecule has 5 heteroatoms. The van der Waals surface area contributed by atoms with Crippen molar-refractivity contribution in [3.8, 4) is 0 Å². The van der Waals surface area contributed by atoms with Crippen molar-refractivity contribution in [2.75, 3.05) is 11.9 Å². The van der Waals surface area contributed by atoms with E-state index in [1.54, 1.807) is 0 Å². The zero-order valence-corrected chi connectivity index (χ0v) is 26.0. The van der Waals surface area contributed by atoms with E-state index in [1.165, 1.54) is 11.1 Å². The van der Waals surface area contributed by atoms with Gasteiger partial charge in [0.1, 0.15) is 0 Å². The SMILES string of the molecule is Cc1cccc(C)c1C(=O)N1CCC[C@H](C(=O)Nc2cccc(C(C)(C)C)c2)[C@@H]1C1C=CC(CCC(C)(C)O)=CC1. The van der Waals surface area contributed by atoms with Gasteiger partial charge in [-0.3, -0.25) is 9.59 Å². The number of hydrogen-bond donors (Lipinski definition) is 2. The molecule has 2 aliphatic rings. The maximum atomic E-state index is 14.2. The lowest BCUT2D eigenvalue weighted by molar-refractivity contribution is -0.123. The summed E-state index contributed by atoms with van der Waals surface area (Å²) in [6.07, 6.45) is 10.3. The van der Waals surface area contributed by atoms with E-state index in [-0.39, 0.29) is 35.1 Å². The molecule has 220 valence electrons.